The Morgan fingerprint density at radius 2 is 1.81 bits per heavy atom. The topological polar surface area (TPSA) is 30.5 Å². The van der Waals surface area contributed by atoms with Crippen LogP contribution in [0.3, 0.4) is 0 Å². The number of benzene rings is 2. The van der Waals surface area contributed by atoms with E-state index in [4.69, 9.17) is 9.47 Å². The molecule has 1 N–H and O–H groups in total. The molecule has 3 rings (SSSR count). The highest BCUT2D eigenvalue weighted by Crippen LogP contribution is 2.39. The van der Waals surface area contributed by atoms with Gasteiger partial charge in [-0.25, -0.2) is 0 Å². The number of ether oxygens (including phenoxy) is 2. The van der Waals surface area contributed by atoms with E-state index in [2.05, 4.69) is 51.6 Å². The average molecular weight is 348 g/mol. The predicted molar refractivity (Wildman–Crippen MR) is 87.2 cm³/mol. The Bertz CT molecular complexity index is 640. The molecule has 0 bridgehead atoms. The Kier molecular flexibility index (Phi) is 4.17. The molecule has 4 heteroatoms. The van der Waals surface area contributed by atoms with Crippen molar-refractivity contribution in [2.75, 3.05) is 20.8 Å². The van der Waals surface area contributed by atoms with Crippen molar-refractivity contribution in [1.29, 1.82) is 0 Å². The molecule has 2 aromatic rings. The Hall–Kier alpha value is -1.52. The van der Waals surface area contributed by atoms with Gasteiger partial charge in [-0.2, -0.15) is 0 Å². The number of rotatable bonds is 3. The van der Waals surface area contributed by atoms with E-state index in [1.54, 1.807) is 14.2 Å². The molecule has 0 fully saturated rings. The van der Waals surface area contributed by atoms with Crippen molar-refractivity contribution in [3.8, 4) is 11.5 Å². The monoisotopic (exact) mass is 347 g/mol. The Balaban J connectivity index is 2.08. The van der Waals surface area contributed by atoms with Crippen molar-refractivity contribution >= 4 is 15.9 Å². The molecular weight excluding hydrogens is 330 g/mol. The molecule has 0 amide bonds. The van der Waals surface area contributed by atoms with Crippen LogP contribution in [0.2, 0.25) is 0 Å². The van der Waals surface area contributed by atoms with E-state index in [0.29, 0.717) is 0 Å². The van der Waals surface area contributed by atoms with Gasteiger partial charge in [-0.05, 0) is 35.7 Å². The molecule has 0 saturated heterocycles. The maximum atomic E-state index is 5.58. The second-order valence-corrected chi connectivity index (χ2v) is 5.97. The van der Waals surface area contributed by atoms with E-state index in [-0.39, 0.29) is 6.04 Å². The van der Waals surface area contributed by atoms with Crippen LogP contribution in [0.25, 0.3) is 0 Å². The van der Waals surface area contributed by atoms with E-state index >= 15 is 0 Å². The molecule has 1 heterocycles. The summed E-state index contributed by atoms with van der Waals surface area (Å²) >= 11 is 3.49. The van der Waals surface area contributed by atoms with E-state index in [9.17, 15) is 0 Å². The zero-order valence-corrected chi connectivity index (χ0v) is 13.7. The molecule has 110 valence electrons. The van der Waals surface area contributed by atoms with Gasteiger partial charge in [0.05, 0.1) is 20.3 Å². The Morgan fingerprint density at radius 1 is 1.05 bits per heavy atom. The van der Waals surface area contributed by atoms with Crippen LogP contribution in [0, 0.1) is 0 Å². The minimum absolute atomic E-state index is 0.196. The Labute approximate surface area is 133 Å². The second kappa shape index (κ2) is 6.08. The summed E-state index contributed by atoms with van der Waals surface area (Å²) in [6, 6.07) is 12.8. The fourth-order valence-corrected chi connectivity index (χ4v) is 3.20. The summed E-state index contributed by atoms with van der Waals surface area (Å²) in [4.78, 5) is 0. The van der Waals surface area contributed by atoms with Crippen LogP contribution in [-0.4, -0.2) is 20.8 Å². The number of fused-ring (bicyclic) bond motifs is 1. The molecule has 0 radical (unpaired) electrons. The minimum atomic E-state index is 0.196. The lowest BCUT2D eigenvalue weighted by molar-refractivity contribution is 0.348. The SMILES string of the molecule is COc1ccc2c(c1OC)CCNC2c1ccc(Br)cc1. The van der Waals surface area contributed by atoms with Gasteiger partial charge in [0, 0.05) is 16.6 Å². The first-order chi connectivity index (χ1) is 10.2. The highest BCUT2D eigenvalue weighted by molar-refractivity contribution is 9.10. The van der Waals surface area contributed by atoms with Crippen molar-refractivity contribution in [3.05, 3.63) is 57.6 Å². The van der Waals surface area contributed by atoms with Crippen molar-refractivity contribution in [2.45, 2.75) is 12.5 Å². The van der Waals surface area contributed by atoms with E-state index in [1.807, 2.05) is 6.07 Å². The molecule has 0 aromatic heterocycles. The second-order valence-electron chi connectivity index (χ2n) is 5.06. The maximum Gasteiger partial charge on any atom is 0.164 e. The number of nitrogens with one attached hydrogen (secondary N) is 1. The van der Waals surface area contributed by atoms with Crippen molar-refractivity contribution in [2.24, 2.45) is 0 Å². The minimum Gasteiger partial charge on any atom is -0.493 e. The first-order valence-corrected chi connectivity index (χ1v) is 7.76. The van der Waals surface area contributed by atoms with Gasteiger partial charge in [0.25, 0.3) is 0 Å². The molecule has 21 heavy (non-hydrogen) atoms. The average Bonchev–Trinajstić information content (AvgIpc) is 2.53. The van der Waals surface area contributed by atoms with Gasteiger partial charge in [0.1, 0.15) is 0 Å². The first-order valence-electron chi connectivity index (χ1n) is 6.97. The highest BCUT2D eigenvalue weighted by Gasteiger charge is 2.25. The summed E-state index contributed by atoms with van der Waals surface area (Å²) in [5, 5.41) is 3.59. The zero-order chi connectivity index (χ0) is 14.8. The van der Waals surface area contributed by atoms with Gasteiger partial charge in [-0.3, -0.25) is 0 Å². The third-order valence-electron chi connectivity index (χ3n) is 3.92. The fraction of sp³-hybridized carbons (Fsp3) is 0.294. The lowest BCUT2D eigenvalue weighted by Crippen LogP contribution is -2.30. The van der Waals surface area contributed by atoms with Crippen molar-refractivity contribution in [3.63, 3.8) is 0 Å². The molecule has 3 nitrogen and oxygen atoms in total. The number of hydrogen-bond acceptors (Lipinski definition) is 3. The van der Waals surface area contributed by atoms with E-state index in [0.717, 1.165) is 28.9 Å². The van der Waals surface area contributed by atoms with Crippen LogP contribution in [-0.2, 0) is 6.42 Å². The summed E-state index contributed by atoms with van der Waals surface area (Å²) in [6.45, 7) is 0.928. The number of halogens is 1. The van der Waals surface area contributed by atoms with Crippen molar-refractivity contribution < 1.29 is 9.47 Å². The molecule has 0 saturated carbocycles. The molecule has 1 aliphatic heterocycles. The van der Waals surface area contributed by atoms with Gasteiger partial charge < -0.3 is 14.8 Å². The quantitative estimate of drug-likeness (QED) is 0.918. The summed E-state index contributed by atoms with van der Waals surface area (Å²) in [6.07, 6.45) is 0.947. The van der Waals surface area contributed by atoms with Crippen LogP contribution < -0.4 is 14.8 Å². The lowest BCUT2D eigenvalue weighted by Gasteiger charge is -2.29. The summed E-state index contributed by atoms with van der Waals surface area (Å²) < 4.78 is 12.1. The molecule has 2 aromatic carbocycles. The molecule has 1 atom stereocenters. The summed E-state index contributed by atoms with van der Waals surface area (Å²) in [5.41, 5.74) is 3.76. The van der Waals surface area contributed by atoms with E-state index in [1.165, 1.54) is 16.7 Å². The number of methoxy groups -OCH3 is 2. The zero-order valence-electron chi connectivity index (χ0n) is 12.2. The normalized spacial score (nSPS) is 17.2. The molecular formula is C17H18BrNO2. The molecule has 1 unspecified atom stereocenters. The van der Waals surface area contributed by atoms with Crippen LogP contribution in [0.1, 0.15) is 22.7 Å². The van der Waals surface area contributed by atoms with Gasteiger partial charge in [0.15, 0.2) is 11.5 Å². The van der Waals surface area contributed by atoms with Crippen LogP contribution >= 0.6 is 15.9 Å². The van der Waals surface area contributed by atoms with Gasteiger partial charge >= 0.3 is 0 Å². The van der Waals surface area contributed by atoms with Crippen molar-refractivity contribution in [1.82, 2.24) is 5.32 Å². The third-order valence-corrected chi connectivity index (χ3v) is 4.45. The largest absolute Gasteiger partial charge is 0.493 e. The first kappa shape index (κ1) is 14.4. The lowest BCUT2D eigenvalue weighted by atomic mass is 9.89. The molecule has 0 spiro atoms. The standard InChI is InChI=1S/C17H18BrNO2/c1-20-15-8-7-13-14(17(15)21-2)9-10-19-16(13)11-3-5-12(18)6-4-11/h3-8,16,19H,9-10H2,1-2H3. The van der Waals surface area contributed by atoms with Gasteiger partial charge in [0.2, 0.25) is 0 Å². The fourth-order valence-electron chi connectivity index (χ4n) is 2.94. The number of hydrogen-bond donors (Lipinski definition) is 1. The van der Waals surface area contributed by atoms with Crippen LogP contribution in [0.15, 0.2) is 40.9 Å². The summed E-state index contributed by atoms with van der Waals surface area (Å²) in [5.74, 6) is 1.66. The maximum absolute atomic E-state index is 5.58. The molecule has 1 aliphatic rings. The van der Waals surface area contributed by atoms with Crippen LogP contribution in [0.4, 0.5) is 0 Å². The van der Waals surface area contributed by atoms with Crippen LogP contribution in [0.5, 0.6) is 11.5 Å². The smallest absolute Gasteiger partial charge is 0.164 e. The Morgan fingerprint density at radius 3 is 2.48 bits per heavy atom. The summed E-state index contributed by atoms with van der Waals surface area (Å²) in [7, 11) is 3.38. The van der Waals surface area contributed by atoms with E-state index < -0.39 is 0 Å². The molecule has 0 aliphatic carbocycles. The van der Waals surface area contributed by atoms with Gasteiger partial charge in [-0.1, -0.05) is 34.1 Å². The third kappa shape index (κ3) is 2.65. The van der Waals surface area contributed by atoms with Gasteiger partial charge in [-0.15, -0.1) is 0 Å². The predicted octanol–water partition coefficient (Wildman–Crippen LogP) is 3.70. The highest BCUT2D eigenvalue weighted by atomic mass is 79.9.